The van der Waals surface area contributed by atoms with Crippen molar-refractivity contribution in [3.8, 4) is 11.4 Å². The van der Waals surface area contributed by atoms with Gasteiger partial charge in [-0.05, 0) is 35.9 Å². The molecule has 0 bridgehead atoms. The Morgan fingerprint density at radius 1 is 1.26 bits per heavy atom. The van der Waals surface area contributed by atoms with E-state index in [0.29, 0.717) is 28.4 Å². The van der Waals surface area contributed by atoms with Gasteiger partial charge in [-0.3, -0.25) is 14.6 Å². The van der Waals surface area contributed by atoms with Crippen molar-refractivity contribution in [2.45, 2.75) is 18.9 Å². The topological polar surface area (TPSA) is 97.1 Å². The first-order valence-electron chi connectivity index (χ1n) is 8.34. The molecule has 3 heterocycles. The van der Waals surface area contributed by atoms with Crippen LogP contribution in [0, 0.1) is 5.82 Å². The largest absolute Gasteiger partial charge is 0.359 e. The molecule has 136 valence electrons. The maximum absolute atomic E-state index is 13.6. The molecule has 1 atom stereocenters. The van der Waals surface area contributed by atoms with Gasteiger partial charge in [0.1, 0.15) is 11.5 Å². The lowest BCUT2D eigenvalue weighted by atomic mass is 9.89. The van der Waals surface area contributed by atoms with Gasteiger partial charge in [0, 0.05) is 24.4 Å². The normalized spacial score (nSPS) is 15.7. The minimum Gasteiger partial charge on any atom is -0.359 e. The van der Waals surface area contributed by atoms with Crippen LogP contribution in [0.5, 0.6) is 0 Å². The summed E-state index contributed by atoms with van der Waals surface area (Å²) >= 11 is 0. The van der Waals surface area contributed by atoms with Crippen molar-refractivity contribution in [1.82, 2.24) is 15.5 Å². The number of aromatic nitrogens is 2. The van der Waals surface area contributed by atoms with E-state index in [1.807, 2.05) is 6.07 Å². The first kappa shape index (κ1) is 16.9. The highest BCUT2D eigenvalue weighted by molar-refractivity contribution is 6.01. The molecule has 3 aromatic rings. The van der Waals surface area contributed by atoms with E-state index in [4.69, 9.17) is 4.52 Å². The Labute approximate surface area is 153 Å². The number of rotatable bonds is 4. The highest BCUT2D eigenvalue weighted by atomic mass is 19.1. The Kier molecular flexibility index (Phi) is 4.37. The van der Waals surface area contributed by atoms with Gasteiger partial charge < -0.3 is 15.2 Å². The molecular formula is C19H15FN4O3. The highest BCUT2D eigenvalue weighted by Gasteiger charge is 2.31. The lowest BCUT2D eigenvalue weighted by molar-refractivity contribution is -0.126. The third kappa shape index (κ3) is 3.55. The molecule has 7 nitrogen and oxygen atoms in total. The number of nitrogens with one attached hydrogen (secondary N) is 2. The molecule has 1 aromatic carbocycles. The van der Waals surface area contributed by atoms with Gasteiger partial charge in [0.15, 0.2) is 5.76 Å². The second-order valence-corrected chi connectivity index (χ2v) is 6.15. The van der Waals surface area contributed by atoms with E-state index < -0.39 is 11.7 Å². The van der Waals surface area contributed by atoms with Crippen molar-refractivity contribution >= 4 is 17.5 Å². The average Bonchev–Trinajstić information content (AvgIpc) is 3.15. The molecule has 2 aromatic heterocycles. The molecule has 2 N–H and O–H groups in total. The number of benzene rings is 1. The van der Waals surface area contributed by atoms with Crippen LogP contribution < -0.4 is 10.6 Å². The SMILES string of the molecule is O=C1C[C@@H](C(=O)NCc2cc(-c3ccccn3)no2)c2cc(F)ccc2N1. The summed E-state index contributed by atoms with van der Waals surface area (Å²) in [5, 5.41) is 9.30. The van der Waals surface area contributed by atoms with Gasteiger partial charge in [-0.1, -0.05) is 11.2 Å². The van der Waals surface area contributed by atoms with Crippen molar-refractivity contribution in [3.05, 3.63) is 65.8 Å². The Morgan fingerprint density at radius 3 is 2.96 bits per heavy atom. The van der Waals surface area contributed by atoms with E-state index in [0.717, 1.165) is 0 Å². The molecule has 1 aliphatic heterocycles. The zero-order chi connectivity index (χ0) is 18.8. The number of hydrogen-bond donors (Lipinski definition) is 2. The first-order chi connectivity index (χ1) is 13.1. The van der Waals surface area contributed by atoms with Crippen LogP contribution in [0.2, 0.25) is 0 Å². The van der Waals surface area contributed by atoms with Gasteiger partial charge >= 0.3 is 0 Å². The molecule has 0 saturated carbocycles. The predicted octanol–water partition coefficient (Wildman–Crippen LogP) is 2.62. The number of halogens is 1. The summed E-state index contributed by atoms with van der Waals surface area (Å²) in [6, 6.07) is 11.1. The molecule has 0 spiro atoms. The number of hydrogen-bond acceptors (Lipinski definition) is 5. The van der Waals surface area contributed by atoms with Gasteiger partial charge in [0.05, 0.1) is 18.2 Å². The van der Waals surface area contributed by atoms with Crippen LogP contribution in [-0.4, -0.2) is 22.0 Å². The number of amides is 2. The van der Waals surface area contributed by atoms with Crippen molar-refractivity contribution in [1.29, 1.82) is 0 Å². The fourth-order valence-corrected chi connectivity index (χ4v) is 2.99. The Morgan fingerprint density at radius 2 is 2.15 bits per heavy atom. The summed E-state index contributed by atoms with van der Waals surface area (Å²) in [5.74, 6) is -1.44. The lowest BCUT2D eigenvalue weighted by Gasteiger charge is -2.24. The zero-order valence-electron chi connectivity index (χ0n) is 14.1. The van der Waals surface area contributed by atoms with Crippen LogP contribution >= 0.6 is 0 Å². The smallest absolute Gasteiger partial charge is 0.228 e. The van der Waals surface area contributed by atoms with Crippen LogP contribution in [0.1, 0.15) is 23.7 Å². The molecule has 0 saturated heterocycles. The van der Waals surface area contributed by atoms with Gasteiger partial charge in [0.25, 0.3) is 0 Å². The second kappa shape index (κ2) is 6.99. The monoisotopic (exact) mass is 366 g/mol. The minimum atomic E-state index is -0.761. The third-order valence-corrected chi connectivity index (χ3v) is 4.29. The fourth-order valence-electron chi connectivity index (χ4n) is 2.99. The molecule has 0 radical (unpaired) electrons. The summed E-state index contributed by atoms with van der Waals surface area (Å²) in [6.07, 6.45) is 1.61. The molecule has 8 heteroatoms. The second-order valence-electron chi connectivity index (χ2n) is 6.15. The third-order valence-electron chi connectivity index (χ3n) is 4.29. The number of pyridine rings is 1. The molecule has 1 aliphatic rings. The van der Waals surface area contributed by atoms with Crippen LogP contribution in [0.4, 0.5) is 10.1 Å². The van der Waals surface area contributed by atoms with Crippen LogP contribution in [0.15, 0.2) is 53.2 Å². The molecule has 0 unspecified atom stereocenters. The summed E-state index contributed by atoms with van der Waals surface area (Å²) in [6.45, 7) is 0.0986. The Bertz CT molecular complexity index is 1000. The fraction of sp³-hybridized carbons (Fsp3) is 0.158. The van der Waals surface area contributed by atoms with E-state index in [1.54, 1.807) is 24.4 Å². The molecule has 27 heavy (non-hydrogen) atoms. The standard InChI is InChI=1S/C19H15FN4O3/c20-11-4-5-15-13(7-11)14(9-18(25)23-15)19(26)22-10-12-8-17(24-27-12)16-3-1-2-6-21-16/h1-8,14H,9-10H2,(H,22,26)(H,23,25)/t14-/m1/s1. The maximum atomic E-state index is 13.6. The molecule has 4 rings (SSSR count). The summed E-state index contributed by atoms with van der Waals surface area (Å²) in [7, 11) is 0. The van der Waals surface area contributed by atoms with Gasteiger partial charge in [-0.15, -0.1) is 0 Å². The summed E-state index contributed by atoms with van der Waals surface area (Å²) < 4.78 is 18.8. The lowest BCUT2D eigenvalue weighted by Crippen LogP contribution is -2.34. The Balaban J connectivity index is 1.47. The van der Waals surface area contributed by atoms with Crippen molar-refractivity contribution in [2.75, 3.05) is 5.32 Å². The summed E-state index contributed by atoms with van der Waals surface area (Å²) in [4.78, 5) is 28.6. The molecular weight excluding hydrogens is 351 g/mol. The summed E-state index contributed by atoms with van der Waals surface area (Å²) in [5.41, 5.74) is 2.13. The first-order valence-corrected chi connectivity index (χ1v) is 8.34. The Hall–Kier alpha value is -3.55. The van der Waals surface area contributed by atoms with Gasteiger partial charge in [-0.2, -0.15) is 0 Å². The quantitative estimate of drug-likeness (QED) is 0.740. The van der Waals surface area contributed by atoms with E-state index in [9.17, 15) is 14.0 Å². The number of fused-ring (bicyclic) bond motifs is 1. The maximum Gasteiger partial charge on any atom is 0.228 e. The van der Waals surface area contributed by atoms with Crippen molar-refractivity contribution < 1.29 is 18.5 Å². The molecule has 0 aliphatic carbocycles. The van der Waals surface area contributed by atoms with Gasteiger partial charge in [0.2, 0.25) is 11.8 Å². The minimum absolute atomic E-state index is 0.0438. The van der Waals surface area contributed by atoms with E-state index in [1.165, 1.54) is 18.2 Å². The van der Waals surface area contributed by atoms with E-state index >= 15 is 0 Å². The average molecular weight is 366 g/mol. The highest BCUT2D eigenvalue weighted by Crippen LogP contribution is 2.33. The van der Waals surface area contributed by atoms with Crippen LogP contribution in [0.25, 0.3) is 11.4 Å². The predicted molar refractivity (Wildman–Crippen MR) is 94.0 cm³/mol. The number of nitrogens with zero attached hydrogens (tertiary/aromatic N) is 2. The van der Waals surface area contributed by atoms with Gasteiger partial charge in [-0.25, -0.2) is 4.39 Å². The van der Waals surface area contributed by atoms with Crippen LogP contribution in [-0.2, 0) is 16.1 Å². The van der Waals surface area contributed by atoms with Crippen molar-refractivity contribution in [2.24, 2.45) is 0 Å². The van der Waals surface area contributed by atoms with Crippen molar-refractivity contribution in [3.63, 3.8) is 0 Å². The number of carbonyl (C=O) groups is 2. The number of anilines is 1. The van der Waals surface area contributed by atoms with E-state index in [2.05, 4.69) is 20.8 Å². The van der Waals surface area contributed by atoms with Crippen LogP contribution in [0.3, 0.4) is 0 Å². The number of carbonyl (C=O) groups excluding carboxylic acids is 2. The zero-order valence-corrected chi connectivity index (χ0v) is 14.1. The van der Waals surface area contributed by atoms with E-state index in [-0.39, 0.29) is 24.8 Å². The molecule has 0 fully saturated rings. The molecule has 2 amide bonds.